The van der Waals surface area contributed by atoms with Crippen LogP contribution < -0.4 is 16.5 Å². The number of nitrogens with one attached hydrogen (secondary N) is 1. The average molecular weight is 383 g/mol. The van der Waals surface area contributed by atoms with Gasteiger partial charge in [-0.25, -0.2) is 9.59 Å². The van der Waals surface area contributed by atoms with E-state index in [-0.39, 0.29) is 17.5 Å². The number of hydrogen-bond acceptors (Lipinski definition) is 4. The van der Waals surface area contributed by atoms with Crippen LogP contribution in [0, 0.1) is 11.8 Å². The molecule has 2 aliphatic rings. The van der Waals surface area contributed by atoms with Gasteiger partial charge in [0.25, 0.3) is 0 Å². The van der Waals surface area contributed by atoms with Gasteiger partial charge in [0.05, 0.1) is 5.52 Å². The highest BCUT2D eigenvalue weighted by Gasteiger charge is 2.37. The van der Waals surface area contributed by atoms with Gasteiger partial charge >= 0.3 is 12.0 Å². The van der Waals surface area contributed by atoms with Gasteiger partial charge in [-0.15, -0.1) is 0 Å². The summed E-state index contributed by atoms with van der Waals surface area (Å²) in [4.78, 5) is 36.8. The highest BCUT2D eigenvalue weighted by molar-refractivity contribution is 5.96. The van der Waals surface area contributed by atoms with Crippen molar-refractivity contribution in [2.24, 2.45) is 17.6 Å². The summed E-state index contributed by atoms with van der Waals surface area (Å²) in [5.41, 5.74) is 5.73. The molecule has 4 N–H and O–H groups in total. The highest BCUT2D eigenvalue weighted by atomic mass is 16.4. The van der Waals surface area contributed by atoms with E-state index in [4.69, 9.17) is 5.73 Å². The molecule has 0 spiro atoms. The smallest absolute Gasteiger partial charge is 0.341 e. The molecule has 4 rings (SSSR count). The number of aromatic carboxylic acids is 1. The molecule has 7 heteroatoms. The number of nitrogens with zero attached hydrogens (tertiary/aromatic N) is 1. The normalized spacial score (nSPS) is 27.2. The van der Waals surface area contributed by atoms with Crippen LogP contribution in [0.3, 0.4) is 0 Å². The van der Waals surface area contributed by atoms with Gasteiger partial charge in [0.2, 0.25) is 5.43 Å². The first-order valence-electron chi connectivity index (χ1n) is 9.90. The lowest BCUT2D eigenvalue weighted by atomic mass is 9.67. The Kier molecular flexibility index (Phi) is 4.93. The number of nitrogens with two attached hydrogens (primary N) is 1. The van der Waals surface area contributed by atoms with Crippen molar-refractivity contribution in [1.82, 2.24) is 9.88 Å². The molecule has 1 aromatic carbocycles. The van der Waals surface area contributed by atoms with E-state index in [2.05, 4.69) is 5.32 Å². The van der Waals surface area contributed by atoms with Crippen molar-refractivity contribution in [2.75, 3.05) is 0 Å². The molecule has 0 saturated heterocycles. The van der Waals surface area contributed by atoms with Crippen LogP contribution in [0.15, 0.2) is 35.3 Å². The van der Waals surface area contributed by atoms with E-state index >= 15 is 0 Å². The van der Waals surface area contributed by atoms with Crippen molar-refractivity contribution < 1.29 is 14.7 Å². The van der Waals surface area contributed by atoms with Crippen LogP contribution in [0.2, 0.25) is 0 Å². The summed E-state index contributed by atoms with van der Waals surface area (Å²) >= 11 is 0. The first kappa shape index (κ1) is 18.7. The summed E-state index contributed by atoms with van der Waals surface area (Å²) in [6, 6.07) is 6.35. The van der Waals surface area contributed by atoms with E-state index in [9.17, 15) is 19.5 Å². The van der Waals surface area contributed by atoms with E-state index < -0.39 is 23.0 Å². The number of carbonyl (C=O) groups excluding carboxylic acids is 1. The number of amides is 1. The number of rotatable bonds is 2. The first-order valence-corrected chi connectivity index (χ1v) is 9.90. The third-order valence-corrected chi connectivity index (χ3v) is 6.40. The van der Waals surface area contributed by atoms with Gasteiger partial charge in [-0.2, -0.15) is 0 Å². The van der Waals surface area contributed by atoms with E-state index in [1.807, 2.05) is 0 Å². The number of hydrogen-bond donors (Lipinski definition) is 3. The van der Waals surface area contributed by atoms with E-state index in [1.54, 1.807) is 24.3 Å². The fourth-order valence-electron chi connectivity index (χ4n) is 4.95. The first-order chi connectivity index (χ1) is 13.5. The Labute approximate surface area is 162 Å². The van der Waals surface area contributed by atoms with Gasteiger partial charge in [0.1, 0.15) is 5.56 Å². The third-order valence-electron chi connectivity index (χ3n) is 6.40. The molecule has 2 saturated carbocycles. The average Bonchev–Trinajstić information content (AvgIpc) is 2.69. The second-order valence-electron chi connectivity index (χ2n) is 8.04. The molecule has 1 amide bonds. The van der Waals surface area contributed by atoms with Crippen LogP contribution in [0.1, 0.15) is 48.9 Å². The minimum atomic E-state index is -1.34. The van der Waals surface area contributed by atoms with Crippen molar-refractivity contribution >= 4 is 22.9 Å². The Bertz CT molecular complexity index is 983. The summed E-state index contributed by atoms with van der Waals surface area (Å²) < 4.78 is 1.24. The maximum Gasteiger partial charge on any atom is 0.341 e. The van der Waals surface area contributed by atoms with Crippen LogP contribution in [-0.2, 0) is 0 Å². The molecule has 0 radical (unpaired) electrons. The zero-order valence-corrected chi connectivity index (χ0v) is 15.6. The molecule has 7 nitrogen and oxygen atoms in total. The molecule has 0 bridgehead atoms. The molecule has 28 heavy (non-hydrogen) atoms. The Morgan fingerprint density at radius 3 is 2.71 bits per heavy atom. The number of carboxylic acids is 1. The number of benzene rings is 1. The predicted octanol–water partition coefficient (Wildman–Crippen LogP) is 2.55. The van der Waals surface area contributed by atoms with Gasteiger partial charge in [-0.3, -0.25) is 9.36 Å². The molecule has 1 aromatic heterocycles. The van der Waals surface area contributed by atoms with Gasteiger partial charge in [-0.05, 0) is 49.7 Å². The fourth-order valence-corrected chi connectivity index (χ4v) is 4.95. The van der Waals surface area contributed by atoms with Crippen molar-refractivity contribution in [3.8, 4) is 0 Å². The van der Waals surface area contributed by atoms with Crippen LogP contribution >= 0.6 is 0 Å². The molecule has 0 aliphatic heterocycles. The Morgan fingerprint density at radius 2 is 1.93 bits per heavy atom. The minimum absolute atomic E-state index is 0.00404. The molecule has 2 aliphatic carbocycles. The monoisotopic (exact) mass is 383 g/mol. The maximum absolute atomic E-state index is 13.0. The summed E-state index contributed by atoms with van der Waals surface area (Å²) in [6.45, 7) is 0. The predicted molar refractivity (Wildman–Crippen MR) is 106 cm³/mol. The number of carboxylic acid groups (broad SMARTS) is 1. The van der Waals surface area contributed by atoms with Crippen LogP contribution in [-0.4, -0.2) is 33.8 Å². The van der Waals surface area contributed by atoms with Crippen LogP contribution in [0.25, 0.3) is 10.9 Å². The summed E-state index contributed by atoms with van der Waals surface area (Å²) in [7, 11) is 0. The quantitative estimate of drug-likeness (QED) is 0.737. The minimum Gasteiger partial charge on any atom is -0.477 e. The lowest BCUT2D eigenvalue weighted by Gasteiger charge is -2.42. The van der Waals surface area contributed by atoms with Crippen LogP contribution in [0.5, 0.6) is 0 Å². The molecule has 2 fully saturated rings. The maximum atomic E-state index is 13.0. The summed E-state index contributed by atoms with van der Waals surface area (Å²) in [5, 5.41) is 12.6. The zero-order chi connectivity index (χ0) is 19.8. The Balaban J connectivity index is 1.62. The molecule has 4 unspecified atom stereocenters. The number of carbonyl (C=O) groups is 2. The van der Waals surface area contributed by atoms with Crippen molar-refractivity contribution in [3.05, 3.63) is 46.2 Å². The Hall–Kier alpha value is -2.67. The fraction of sp³-hybridized carbons (Fsp3) is 0.476. The van der Waals surface area contributed by atoms with Gasteiger partial charge in [-0.1, -0.05) is 25.0 Å². The molecule has 1 heterocycles. The van der Waals surface area contributed by atoms with Crippen molar-refractivity contribution in [3.63, 3.8) is 0 Å². The van der Waals surface area contributed by atoms with Gasteiger partial charge in [0.15, 0.2) is 0 Å². The van der Waals surface area contributed by atoms with E-state index in [0.717, 1.165) is 31.9 Å². The van der Waals surface area contributed by atoms with E-state index in [0.29, 0.717) is 17.4 Å². The molecular weight excluding hydrogens is 358 g/mol. The van der Waals surface area contributed by atoms with Crippen molar-refractivity contribution in [1.29, 1.82) is 0 Å². The van der Waals surface area contributed by atoms with Crippen molar-refractivity contribution in [2.45, 2.75) is 50.6 Å². The highest BCUT2D eigenvalue weighted by Crippen LogP contribution is 2.39. The molecule has 2 aromatic rings. The Morgan fingerprint density at radius 1 is 1.14 bits per heavy atom. The standard InChI is InChI=1S/C21H25N3O4/c22-17-6-3-4-12-8-9-13(10-15(12)17)23-21(28)24-11-16(20(26)27)19(25)14-5-1-2-7-18(14)24/h1-2,5,7,11-13,15,17H,3-4,6,8-10,22H2,(H,23,28)(H,26,27). The SMILES string of the molecule is NC1CCCC2CCC(NC(=O)n3cc(C(=O)O)c(=O)c4ccccc43)CC12. The zero-order valence-electron chi connectivity index (χ0n) is 15.6. The lowest BCUT2D eigenvalue weighted by molar-refractivity contribution is 0.0695. The molecule has 4 atom stereocenters. The van der Waals surface area contributed by atoms with Gasteiger partial charge in [0, 0.05) is 23.7 Å². The largest absolute Gasteiger partial charge is 0.477 e. The number of fused-ring (bicyclic) bond motifs is 2. The van der Waals surface area contributed by atoms with E-state index in [1.165, 1.54) is 17.4 Å². The molecular formula is C21H25N3O4. The second kappa shape index (κ2) is 7.39. The van der Waals surface area contributed by atoms with Gasteiger partial charge < -0.3 is 16.2 Å². The van der Waals surface area contributed by atoms with Crippen LogP contribution in [0.4, 0.5) is 4.79 Å². The topological polar surface area (TPSA) is 114 Å². The number of aromatic nitrogens is 1. The number of para-hydroxylation sites is 1. The third kappa shape index (κ3) is 3.30. The second-order valence-corrected chi connectivity index (χ2v) is 8.04. The number of pyridine rings is 1. The summed E-state index contributed by atoms with van der Waals surface area (Å²) in [5.74, 6) is -0.275. The molecule has 148 valence electrons. The summed E-state index contributed by atoms with van der Waals surface area (Å²) in [6.07, 6.45) is 7.35. The lowest BCUT2D eigenvalue weighted by Crippen LogP contribution is -2.48.